The monoisotopic (exact) mass is 165 g/mol. The molecule has 0 rings (SSSR count). The average molecular weight is 166 g/mol. The van der Waals surface area contributed by atoms with Crippen molar-refractivity contribution in [1.29, 1.82) is 0 Å². The van der Waals surface area contributed by atoms with Crippen molar-refractivity contribution in [3.63, 3.8) is 0 Å². The van der Waals surface area contributed by atoms with Gasteiger partial charge in [0, 0.05) is 0 Å². The summed E-state index contributed by atoms with van der Waals surface area (Å²) in [7, 11) is 0. The molecule has 21 valence electrons. The van der Waals surface area contributed by atoms with Crippen LogP contribution in [-0.2, 0) is 26.5 Å². The maximum atomic E-state index is 8.66. The van der Waals surface area contributed by atoms with Crippen molar-refractivity contribution in [2.75, 3.05) is 0 Å². The third kappa shape index (κ3) is 9.08. The minimum atomic E-state index is -2.02. The van der Waals surface area contributed by atoms with Crippen LogP contribution in [0.5, 0.6) is 0 Å². The summed E-state index contributed by atoms with van der Waals surface area (Å²) in [5, 5.41) is 0. The van der Waals surface area contributed by atoms with E-state index < -0.39 is 23.7 Å². The molecule has 4 heteroatoms. The van der Waals surface area contributed by atoms with E-state index in [9.17, 15) is 0 Å². The molecule has 0 bridgehead atoms. The summed E-state index contributed by atoms with van der Waals surface area (Å²) in [6.07, 6.45) is 0. The molecule has 0 aliphatic heterocycles. The fourth-order valence-electron chi connectivity index (χ4n) is 0. The van der Waals surface area contributed by atoms with Crippen LogP contribution >= 0.6 is 0 Å². The Bertz CT molecular complexity index is 13.5. The predicted molar refractivity (Wildman–Crippen MR) is 11.4 cm³/mol. The van der Waals surface area contributed by atoms with Gasteiger partial charge in [0.25, 0.3) is 0 Å². The summed E-state index contributed by atoms with van der Waals surface area (Å²) in [5.41, 5.74) is 0. The van der Waals surface area contributed by atoms with Crippen molar-refractivity contribution < 1.29 is 29.7 Å². The number of rotatable bonds is 0. The van der Waals surface area contributed by atoms with Gasteiger partial charge in [-0.1, -0.05) is 0 Å². The van der Waals surface area contributed by atoms with Crippen molar-refractivity contribution in [2.45, 2.75) is 0 Å². The fourth-order valence-corrected chi connectivity index (χ4v) is 0. The third-order valence-corrected chi connectivity index (χ3v) is 0. The molecule has 0 aliphatic carbocycles. The summed E-state index contributed by atoms with van der Waals surface area (Å²) in [4.78, 5) is 0. The van der Waals surface area contributed by atoms with Gasteiger partial charge in [-0.15, -0.1) is 0 Å². The van der Waals surface area contributed by atoms with E-state index in [0.717, 1.165) is 0 Å². The van der Waals surface area contributed by atoms with Crippen LogP contribution in [0.2, 0.25) is 0 Å². The van der Waals surface area contributed by atoms with Crippen LogP contribution in [0.25, 0.3) is 0 Å². The second-order valence-corrected chi connectivity index (χ2v) is 0.540. The van der Waals surface area contributed by atoms with E-state index in [4.69, 9.17) is 6.00 Å². The zero-order valence-corrected chi connectivity index (χ0v) is 3.81. The zero-order chi connectivity index (χ0) is 2.71. The van der Waals surface area contributed by atoms with Crippen LogP contribution in [-0.4, -0.2) is 40.9 Å². The molecule has 0 aliphatic rings. The zero-order valence-electron chi connectivity index (χ0n) is 1.36. The summed E-state index contributed by atoms with van der Waals surface area (Å²) in [6, 6.07) is 0. The van der Waals surface area contributed by atoms with E-state index in [2.05, 4.69) is 0 Å². The van der Waals surface area contributed by atoms with Gasteiger partial charge in [-0.25, -0.2) is 0 Å². The molecule has 0 aromatic heterocycles. The van der Waals surface area contributed by atoms with E-state index in [-0.39, 0.29) is 37.7 Å². The van der Waals surface area contributed by atoms with Crippen LogP contribution in [0.15, 0.2) is 0 Å². The molecule has 0 amide bonds. The Balaban J connectivity index is 0. The van der Waals surface area contributed by atoms with Gasteiger partial charge in [-0.3, -0.25) is 0 Å². The molecule has 0 unspecified atom stereocenters. The van der Waals surface area contributed by atoms with Gasteiger partial charge in [-0.05, 0) is 0 Å². The summed E-state index contributed by atoms with van der Waals surface area (Å²) >= 11 is -2.02. The molecule has 0 saturated carbocycles. The first-order valence-corrected chi connectivity index (χ1v) is 2.53. The molecule has 1 N–H and O–H groups in total. The Morgan fingerprint density at radius 2 is 1.75 bits per heavy atom. The molecule has 0 atom stereocenters. The van der Waals surface area contributed by atoms with Crippen molar-refractivity contribution in [3.05, 3.63) is 0 Å². The topological polar surface area (TPSA) is 37.3 Å². The predicted octanol–water partition coefficient (Wildman–Crippen LogP) is -1.59. The molecule has 4 heavy (non-hydrogen) atoms. The summed E-state index contributed by atoms with van der Waals surface area (Å²) < 4.78 is 15.8. The quantitative estimate of drug-likeness (QED) is 0.440. The van der Waals surface area contributed by atoms with E-state index in [1.54, 1.807) is 0 Å². The van der Waals surface area contributed by atoms with Gasteiger partial charge >= 0.3 is 67.4 Å². The van der Waals surface area contributed by atoms with E-state index in [0.29, 0.717) is 0 Å². The molecule has 0 fully saturated rings. The third-order valence-electron chi connectivity index (χ3n) is 0. The second kappa shape index (κ2) is 8.86. The minimum absolute atomic E-state index is 0. The Kier molecular flexibility index (Phi) is 20.6. The average Bonchev–Trinajstić information content (AvgIpc) is 0.918. The number of hydrogen-bond donors (Lipinski definition) is 1. The second-order valence-electron chi connectivity index (χ2n) is 0.0913. The summed E-state index contributed by atoms with van der Waals surface area (Å²) in [5.74, 6) is 0. The van der Waals surface area contributed by atoms with E-state index in [1.807, 2.05) is 0 Å². The van der Waals surface area contributed by atoms with Crippen molar-refractivity contribution in [1.82, 2.24) is 0 Å². The van der Waals surface area contributed by atoms with Crippen LogP contribution in [0, 0.1) is 0 Å². The standard InChI is InChI=1S/Ca.H2O.O.Zr.2H/h;1H2;;;;/q;;;+1;;/p-1. The molecule has 0 radical (unpaired) electrons. The van der Waals surface area contributed by atoms with Crippen molar-refractivity contribution >= 4 is 37.7 Å². The molecule has 0 aromatic rings. The molecule has 0 heterocycles. The molecular formula is H3CaO2Zr. The maximum absolute atomic E-state index is 8.66. The Hall–Kier alpha value is 1.90. The molecule has 2 nitrogen and oxygen atoms in total. The van der Waals surface area contributed by atoms with Gasteiger partial charge in [0.2, 0.25) is 0 Å². The van der Waals surface area contributed by atoms with E-state index in [1.165, 1.54) is 0 Å². The van der Waals surface area contributed by atoms with E-state index >= 15 is 0 Å². The van der Waals surface area contributed by atoms with Gasteiger partial charge in [0.05, 0.1) is 0 Å². The molecular weight excluding hydrogens is 163 g/mol. The van der Waals surface area contributed by atoms with Gasteiger partial charge in [0.1, 0.15) is 0 Å². The molecule has 0 spiro atoms. The van der Waals surface area contributed by atoms with Gasteiger partial charge < -0.3 is 0 Å². The number of hydrogen-bond acceptors (Lipinski definition) is 1. The first kappa shape index (κ1) is 9.32. The normalized spacial score (nSPS) is 2.25. The first-order chi connectivity index (χ1) is 1.41. The van der Waals surface area contributed by atoms with Crippen LogP contribution in [0.4, 0.5) is 0 Å². The Morgan fingerprint density at radius 3 is 1.75 bits per heavy atom. The van der Waals surface area contributed by atoms with Crippen LogP contribution in [0.3, 0.4) is 0 Å². The molecule has 0 aromatic carbocycles. The molecule has 0 saturated heterocycles. The SMILES string of the molecule is [CaH2].[O]=[Zr][OH]. The Morgan fingerprint density at radius 1 is 1.75 bits per heavy atom. The Labute approximate surface area is 66.2 Å². The van der Waals surface area contributed by atoms with Crippen molar-refractivity contribution in [2.24, 2.45) is 0 Å². The van der Waals surface area contributed by atoms with Gasteiger partial charge in [-0.2, -0.15) is 0 Å². The van der Waals surface area contributed by atoms with Crippen LogP contribution < -0.4 is 0 Å². The summed E-state index contributed by atoms with van der Waals surface area (Å²) in [6.45, 7) is 0. The van der Waals surface area contributed by atoms with Gasteiger partial charge in [0.15, 0.2) is 0 Å². The fraction of sp³-hybridized carbons (Fsp3) is 0. The first-order valence-electron chi connectivity index (χ1n) is 0.428. The van der Waals surface area contributed by atoms with Crippen LogP contribution in [0.1, 0.15) is 0 Å². The van der Waals surface area contributed by atoms with Crippen molar-refractivity contribution in [3.8, 4) is 0 Å².